The Morgan fingerprint density at radius 1 is 1.24 bits per heavy atom. The Balaban J connectivity index is 0. The van der Waals surface area contributed by atoms with Crippen LogP contribution in [0.2, 0.25) is 0 Å². The Hall–Kier alpha value is -1.30. The third kappa shape index (κ3) is 8.50. The van der Waals surface area contributed by atoms with Crippen molar-refractivity contribution >= 4 is 0 Å². The van der Waals surface area contributed by atoms with E-state index in [2.05, 4.69) is 37.0 Å². The highest BCUT2D eigenvalue weighted by atomic mass is 14.1. The second kappa shape index (κ2) is 14.7. The van der Waals surface area contributed by atoms with E-state index in [-0.39, 0.29) is 0 Å². The summed E-state index contributed by atoms with van der Waals surface area (Å²) in [4.78, 5) is 0. The number of hydrogen-bond acceptors (Lipinski definition) is 0. The molecule has 96 valence electrons. The van der Waals surface area contributed by atoms with E-state index in [0.29, 0.717) is 0 Å². The van der Waals surface area contributed by atoms with Crippen LogP contribution in [0.4, 0.5) is 0 Å². The first-order valence-electron chi connectivity index (χ1n) is 6.70. The fourth-order valence-electron chi connectivity index (χ4n) is 1.35. The summed E-state index contributed by atoms with van der Waals surface area (Å²) in [5, 5.41) is 0. The monoisotopic (exact) mass is 232 g/mol. The molecule has 0 aromatic rings. The summed E-state index contributed by atoms with van der Waals surface area (Å²) < 4.78 is 0. The highest BCUT2D eigenvalue weighted by Gasteiger charge is 2.01. The quantitative estimate of drug-likeness (QED) is 0.523. The highest BCUT2D eigenvalue weighted by molar-refractivity contribution is 5.43. The van der Waals surface area contributed by atoms with Crippen molar-refractivity contribution in [3.8, 4) is 0 Å². The van der Waals surface area contributed by atoms with Crippen molar-refractivity contribution in [1.29, 1.82) is 0 Å². The minimum Gasteiger partial charge on any atom is -0.0985 e. The van der Waals surface area contributed by atoms with Crippen LogP contribution in [0, 0.1) is 0 Å². The van der Waals surface area contributed by atoms with E-state index < -0.39 is 0 Å². The summed E-state index contributed by atoms with van der Waals surface area (Å²) >= 11 is 0. The van der Waals surface area contributed by atoms with Gasteiger partial charge in [-0.1, -0.05) is 76.8 Å². The van der Waals surface area contributed by atoms with Crippen LogP contribution >= 0.6 is 0 Å². The SMILES string of the molecule is C=C/C(=C\C=C/C)C1=CC=CCC1.CC.CC. The fourth-order valence-corrected chi connectivity index (χ4v) is 1.35. The lowest BCUT2D eigenvalue weighted by atomic mass is 9.97. The van der Waals surface area contributed by atoms with Crippen LogP contribution in [0.1, 0.15) is 47.5 Å². The molecule has 0 spiro atoms. The zero-order valence-electron chi connectivity index (χ0n) is 12.2. The van der Waals surface area contributed by atoms with Crippen LogP contribution in [0.15, 0.2) is 60.3 Å². The van der Waals surface area contributed by atoms with Gasteiger partial charge in [0.25, 0.3) is 0 Å². The summed E-state index contributed by atoms with van der Waals surface area (Å²) in [6, 6.07) is 0. The molecule has 0 aromatic heterocycles. The van der Waals surface area contributed by atoms with Crippen molar-refractivity contribution in [1.82, 2.24) is 0 Å². The molecule has 0 saturated heterocycles. The highest BCUT2D eigenvalue weighted by Crippen LogP contribution is 2.20. The molecule has 0 atom stereocenters. The van der Waals surface area contributed by atoms with Crippen molar-refractivity contribution in [2.45, 2.75) is 47.5 Å². The molecule has 0 nitrogen and oxygen atoms in total. The van der Waals surface area contributed by atoms with Crippen LogP contribution in [-0.2, 0) is 0 Å². The maximum Gasteiger partial charge on any atom is -0.0230 e. The van der Waals surface area contributed by atoms with Gasteiger partial charge in [-0.15, -0.1) is 0 Å². The van der Waals surface area contributed by atoms with Gasteiger partial charge < -0.3 is 0 Å². The van der Waals surface area contributed by atoms with Gasteiger partial charge in [-0.25, -0.2) is 0 Å². The predicted molar refractivity (Wildman–Crippen MR) is 82.2 cm³/mol. The fraction of sp³-hybridized carbons (Fsp3) is 0.412. The zero-order chi connectivity index (χ0) is 13.5. The molecule has 0 fully saturated rings. The molecule has 0 aliphatic heterocycles. The number of hydrogen-bond donors (Lipinski definition) is 0. The molecular weight excluding hydrogens is 204 g/mol. The normalized spacial score (nSPS) is 14.2. The minimum absolute atomic E-state index is 1.13. The summed E-state index contributed by atoms with van der Waals surface area (Å²) in [6.07, 6.45) is 16.9. The van der Waals surface area contributed by atoms with Gasteiger partial charge in [0.15, 0.2) is 0 Å². The molecule has 0 heteroatoms. The second-order valence-corrected chi connectivity index (χ2v) is 3.01. The molecule has 1 aliphatic carbocycles. The third-order valence-corrected chi connectivity index (χ3v) is 2.07. The average Bonchev–Trinajstić information content (AvgIpc) is 2.45. The topological polar surface area (TPSA) is 0 Å². The van der Waals surface area contributed by atoms with Crippen molar-refractivity contribution < 1.29 is 0 Å². The lowest BCUT2D eigenvalue weighted by molar-refractivity contribution is 0.978. The third-order valence-electron chi connectivity index (χ3n) is 2.07. The Morgan fingerprint density at radius 3 is 2.29 bits per heavy atom. The van der Waals surface area contributed by atoms with Gasteiger partial charge in [-0.2, -0.15) is 0 Å². The smallest absolute Gasteiger partial charge is 0.0230 e. The lowest BCUT2D eigenvalue weighted by Gasteiger charge is -2.08. The van der Waals surface area contributed by atoms with Crippen molar-refractivity contribution in [3.05, 3.63) is 60.3 Å². The summed E-state index contributed by atoms with van der Waals surface area (Å²) in [5.41, 5.74) is 2.62. The predicted octanol–water partition coefficient (Wildman–Crippen LogP) is 6.00. The molecule has 0 aromatic carbocycles. The number of allylic oxidation sites excluding steroid dienone is 9. The average molecular weight is 232 g/mol. The lowest BCUT2D eigenvalue weighted by Crippen LogP contribution is -1.89. The Labute approximate surface area is 108 Å². The van der Waals surface area contributed by atoms with Gasteiger partial charge in [-0.3, -0.25) is 0 Å². The first kappa shape index (κ1) is 18.1. The molecule has 1 rings (SSSR count). The molecule has 0 heterocycles. The van der Waals surface area contributed by atoms with E-state index in [0.717, 1.165) is 12.8 Å². The largest absolute Gasteiger partial charge is 0.0985 e. The second-order valence-electron chi connectivity index (χ2n) is 3.01. The minimum atomic E-state index is 1.13. The van der Waals surface area contributed by atoms with Crippen LogP contribution < -0.4 is 0 Å². The molecule has 0 bridgehead atoms. The molecule has 0 radical (unpaired) electrons. The zero-order valence-corrected chi connectivity index (χ0v) is 12.2. The molecule has 0 saturated carbocycles. The van der Waals surface area contributed by atoms with Crippen molar-refractivity contribution in [3.63, 3.8) is 0 Å². The van der Waals surface area contributed by atoms with Crippen molar-refractivity contribution in [2.24, 2.45) is 0 Å². The van der Waals surface area contributed by atoms with E-state index in [1.807, 2.05) is 46.8 Å². The van der Waals surface area contributed by atoms with Gasteiger partial charge >= 0.3 is 0 Å². The van der Waals surface area contributed by atoms with E-state index >= 15 is 0 Å². The summed E-state index contributed by atoms with van der Waals surface area (Å²) in [7, 11) is 0. The molecule has 17 heavy (non-hydrogen) atoms. The van der Waals surface area contributed by atoms with E-state index in [1.54, 1.807) is 0 Å². The Morgan fingerprint density at radius 2 is 1.88 bits per heavy atom. The molecule has 0 unspecified atom stereocenters. The van der Waals surface area contributed by atoms with Crippen LogP contribution in [0.25, 0.3) is 0 Å². The van der Waals surface area contributed by atoms with Gasteiger partial charge in [-0.05, 0) is 30.9 Å². The van der Waals surface area contributed by atoms with E-state index in [4.69, 9.17) is 0 Å². The molecule has 0 N–H and O–H groups in total. The van der Waals surface area contributed by atoms with Crippen LogP contribution in [0.3, 0.4) is 0 Å². The van der Waals surface area contributed by atoms with Gasteiger partial charge in [0.2, 0.25) is 0 Å². The molecule has 1 aliphatic rings. The van der Waals surface area contributed by atoms with Crippen molar-refractivity contribution in [2.75, 3.05) is 0 Å². The van der Waals surface area contributed by atoms with E-state index in [1.165, 1.54) is 11.1 Å². The maximum atomic E-state index is 3.82. The standard InChI is InChI=1S/C13H16.2C2H6/c1-3-5-9-12(4-2)13-10-7-6-8-11-13;2*1-2/h3-7,9-10H,2,8,11H2,1H3;2*1-2H3/b5-3-,12-9+;;. The van der Waals surface area contributed by atoms with Crippen LogP contribution in [-0.4, -0.2) is 0 Å². The first-order chi connectivity index (χ1) is 8.38. The van der Waals surface area contributed by atoms with Crippen LogP contribution in [0.5, 0.6) is 0 Å². The van der Waals surface area contributed by atoms with Gasteiger partial charge in [0.1, 0.15) is 0 Å². The summed E-state index contributed by atoms with van der Waals surface area (Å²) in [5.74, 6) is 0. The van der Waals surface area contributed by atoms with E-state index in [9.17, 15) is 0 Å². The maximum absolute atomic E-state index is 3.82. The molecule has 0 amide bonds. The number of rotatable bonds is 3. The van der Waals surface area contributed by atoms with Gasteiger partial charge in [0.05, 0.1) is 0 Å². The Kier molecular flexibility index (Phi) is 15.6. The summed E-state index contributed by atoms with van der Waals surface area (Å²) in [6.45, 7) is 13.8. The first-order valence-corrected chi connectivity index (χ1v) is 6.70. The van der Waals surface area contributed by atoms with Gasteiger partial charge in [0, 0.05) is 0 Å². The Bertz CT molecular complexity index is 285. The molecular formula is C17H28.